The van der Waals surface area contributed by atoms with Crippen molar-refractivity contribution in [1.29, 1.82) is 0 Å². The zero-order valence-electron chi connectivity index (χ0n) is 26.7. The largest absolute Gasteiger partial charge is 0.790 e. The molecule has 29 heteroatoms. The van der Waals surface area contributed by atoms with Gasteiger partial charge in [0.25, 0.3) is 5.56 Å². The summed E-state index contributed by atoms with van der Waals surface area (Å²) in [5.74, 6) is -0.371. The van der Waals surface area contributed by atoms with Crippen molar-refractivity contribution in [2.24, 2.45) is 0 Å². The van der Waals surface area contributed by atoms with Gasteiger partial charge in [-0.2, -0.15) is 9.97 Å². The quantitative estimate of drug-likeness (QED) is 0.0632. The molecule has 0 spiro atoms. The number of nitrogens with two attached hydrogens (primary N) is 2. The van der Waals surface area contributed by atoms with Crippen LogP contribution in [0.1, 0.15) is 25.3 Å². The molecular weight excluding hydrogens is 767 g/mol. The normalized spacial score (nSPS) is 26.6. The van der Waals surface area contributed by atoms with Gasteiger partial charge in [0, 0.05) is 26.3 Å². The van der Waals surface area contributed by atoms with Gasteiger partial charge in [-0.05, 0) is 12.5 Å². The maximum Gasteiger partial charge on any atom is 0.406 e. The molecule has 7 N–H and O–H groups in total. The van der Waals surface area contributed by atoms with E-state index in [-0.39, 0.29) is 42.3 Å². The summed E-state index contributed by atoms with van der Waals surface area (Å²) >= 11 is 0. The number of rotatable bonds is 17. The topological polar surface area (TPSA) is 391 Å². The highest BCUT2D eigenvalue weighted by Gasteiger charge is 2.51. The van der Waals surface area contributed by atoms with Crippen LogP contribution in [0.5, 0.6) is 0 Å². The molecular formula is C23H32N9O17P3-4. The number of hydrogen-bond acceptors (Lipinski definition) is 22. The third-order valence-electron chi connectivity index (χ3n) is 7.54. The lowest BCUT2D eigenvalue weighted by Gasteiger charge is -2.32. The van der Waals surface area contributed by atoms with Gasteiger partial charge in [-0.1, -0.05) is 0 Å². The first-order valence-corrected chi connectivity index (χ1v) is 19.4. The maximum atomic E-state index is 14.3. The fourth-order valence-corrected chi connectivity index (χ4v) is 7.64. The number of ether oxygens (including phenoxy) is 3. The van der Waals surface area contributed by atoms with Crippen LogP contribution in [0.2, 0.25) is 0 Å². The summed E-state index contributed by atoms with van der Waals surface area (Å²) in [6.07, 6.45) is -7.45. The van der Waals surface area contributed by atoms with E-state index in [2.05, 4.69) is 34.1 Å². The molecule has 0 aliphatic carbocycles. The summed E-state index contributed by atoms with van der Waals surface area (Å²) in [5, 5.41) is 13.1. The van der Waals surface area contributed by atoms with Crippen molar-refractivity contribution in [1.82, 2.24) is 34.2 Å². The lowest BCUT2D eigenvalue weighted by Crippen LogP contribution is -2.39. The van der Waals surface area contributed by atoms with Crippen molar-refractivity contribution in [3.63, 3.8) is 0 Å². The Balaban J connectivity index is 1.40. The van der Waals surface area contributed by atoms with E-state index in [0.717, 1.165) is 10.9 Å². The Morgan fingerprint density at radius 3 is 2.42 bits per heavy atom. The zero-order valence-corrected chi connectivity index (χ0v) is 29.4. The number of nitrogen functional groups attached to an aromatic ring is 2. The lowest BCUT2D eigenvalue weighted by molar-refractivity contribution is -0.344. The van der Waals surface area contributed by atoms with E-state index < -0.39 is 97.4 Å². The number of hydrogen-bond donors (Lipinski definition) is 5. The van der Waals surface area contributed by atoms with E-state index in [0.29, 0.717) is 0 Å². The Morgan fingerprint density at radius 1 is 1.02 bits per heavy atom. The Hall–Kier alpha value is -3.00. The average Bonchev–Trinajstić information content (AvgIpc) is 3.72. The molecule has 5 rings (SSSR count). The summed E-state index contributed by atoms with van der Waals surface area (Å²) in [6, 6.07) is 1.30. The minimum absolute atomic E-state index is 0.0729. The van der Waals surface area contributed by atoms with E-state index in [9.17, 15) is 48.0 Å². The second-order valence-corrected chi connectivity index (χ2v) is 15.3. The van der Waals surface area contributed by atoms with Crippen molar-refractivity contribution < 1.29 is 70.7 Å². The number of anilines is 2. The second kappa shape index (κ2) is 16.2. The first-order chi connectivity index (χ1) is 24.4. The van der Waals surface area contributed by atoms with Crippen molar-refractivity contribution >= 4 is 46.3 Å². The third kappa shape index (κ3) is 9.95. The van der Waals surface area contributed by atoms with Gasteiger partial charge >= 0.3 is 13.4 Å². The third-order valence-corrected chi connectivity index (χ3v) is 10.1. The smallest absolute Gasteiger partial charge is 0.406 e. The lowest BCUT2D eigenvalue weighted by atomic mass is 10.1. The minimum atomic E-state index is -5.62. The summed E-state index contributed by atoms with van der Waals surface area (Å²) < 4.78 is 76.2. The van der Waals surface area contributed by atoms with Crippen molar-refractivity contribution in [3.8, 4) is 0 Å². The van der Waals surface area contributed by atoms with Crippen LogP contribution in [0.4, 0.5) is 11.8 Å². The van der Waals surface area contributed by atoms with Gasteiger partial charge in [-0.15, -0.1) is 0 Å². The Bertz CT molecular complexity index is 1980. The van der Waals surface area contributed by atoms with Gasteiger partial charge in [0.15, 0.2) is 23.6 Å². The van der Waals surface area contributed by atoms with Crippen molar-refractivity contribution in [3.05, 3.63) is 39.4 Å². The minimum Gasteiger partial charge on any atom is -0.790 e. The molecule has 0 unspecified atom stereocenters. The molecule has 2 aliphatic rings. The molecule has 290 valence electrons. The number of phosphoric acid groups is 2. The zero-order chi connectivity index (χ0) is 38.0. The van der Waals surface area contributed by atoms with Crippen molar-refractivity contribution in [2.45, 2.75) is 55.8 Å². The molecule has 0 amide bonds. The average molecular weight is 799 g/mol. The van der Waals surface area contributed by atoms with Crippen LogP contribution >= 0.6 is 23.4 Å². The molecule has 2 aliphatic heterocycles. The van der Waals surface area contributed by atoms with E-state index in [4.69, 9.17) is 34.7 Å². The predicted molar refractivity (Wildman–Crippen MR) is 163 cm³/mol. The Kier molecular flexibility index (Phi) is 12.5. The van der Waals surface area contributed by atoms with E-state index in [1.807, 2.05) is 0 Å². The highest BCUT2D eigenvalue weighted by molar-refractivity contribution is 7.51. The number of aliphatic hydroxyl groups is 1. The molecule has 0 aromatic carbocycles. The van der Waals surface area contributed by atoms with Crippen LogP contribution in [-0.4, -0.2) is 98.2 Å². The molecule has 26 nitrogen and oxygen atoms in total. The highest BCUT2D eigenvalue weighted by Crippen LogP contribution is 2.50. The van der Waals surface area contributed by atoms with Crippen LogP contribution in [-0.2, 0) is 46.0 Å². The molecule has 2 saturated heterocycles. The summed E-state index contributed by atoms with van der Waals surface area (Å²) in [5.41, 5.74) is 9.39. The van der Waals surface area contributed by atoms with E-state index >= 15 is 0 Å². The first-order valence-electron chi connectivity index (χ1n) is 15.0. The molecule has 52 heavy (non-hydrogen) atoms. The fourth-order valence-electron chi connectivity index (χ4n) is 5.36. The number of nitrogens with zero attached hydrogens (tertiary/aromatic N) is 5. The molecule has 2 fully saturated rings. The van der Waals surface area contributed by atoms with Crippen LogP contribution in [0.25, 0.3) is 11.2 Å². The maximum absolute atomic E-state index is 14.3. The van der Waals surface area contributed by atoms with Gasteiger partial charge in [-0.3, -0.25) is 28.0 Å². The van der Waals surface area contributed by atoms with Gasteiger partial charge in [0.2, 0.25) is 5.95 Å². The van der Waals surface area contributed by atoms with Gasteiger partial charge in [0.1, 0.15) is 30.2 Å². The fraction of sp³-hybridized carbons (Fsp3) is 0.609. The highest BCUT2D eigenvalue weighted by atomic mass is 31.2. The van der Waals surface area contributed by atoms with Crippen molar-refractivity contribution in [2.75, 3.05) is 44.9 Å². The number of H-pyrrole nitrogens is 1. The molecule has 8 atom stereocenters. The number of nitrogens with one attached hydrogen (secondary N) is 2. The SMILES string of the molecule is CO[C@@H]1[C@H](O[P@@](=O)(NCCCOP(=O)([O-])[O-])OC[C@@H]2C[C@@H](O)[C@H](n3ccc(N)nc3=O)O2)[C@@H](COP(=O)([O-])[O-])O[C@H]1n1cnc2c(=O)[nH]c(N)nc21. The number of aromatic nitrogens is 6. The molecule has 0 bridgehead atoms. The summed E-state index contributed by atoms with van der Waals surface area (Å²) in [4.78, 5) is 83.2. The van der Waals surface area contributed by atoms with Crippen LogP contribution in [0.15, 0.2) is 28.2 Å². The van der Waals surface area contributed by atoms with Gasteiger partial charge in [-0.25, -0.2) is 19.4 Å². The van der Waals surface area contributed by atoms with E-state index in [1.54, 1.807) is 0 Å². The summed E-state index contributed by atoms with van der Waals surface area (Å²) in [7, 11) is -14.5. The summed E-state index contributed by atoms with van der Waals surface area (Å²) in [6.45, 7) is -2.57. The number of phosphoric ester groups is 2. The number of aliphatic hydroxyl groups excluding tert-OH is 1. The number of imidazole rings is 1. The predicted octanol–water partition coefficient (Wildman–Crippen LogP) is -4.72. The molecule has 3 aromatic rings. The first kappa shape index (κ1) is 40.2. The van der Waals surface area contributed by atoms with Gasteiger partial charge < -0.3 is 68.5 Å². The number of aromatic amines is 1. The second-order valence-electron chi connectivity index (χ2n) is 11.2. The van der Waals surface area contributed by atoms with Crippen LogP contribution in [0, 0.1) is 0 Å². The standard InChI is InChI=1S/C23H36N9O17P3/c1-43-17-16(13(9-46-52(40,41)42)48-21(17)32-10-26-15-18(32)29-22(25)30-19(15)34)49-50(36,27-4-2-6-44-51(37,38)39)45-8-11-7-12(33)20(47-11)31-5-3-14(24)28-23(31)35/h3,5,10-13,16-17,20-21,33H,2,4,6-9H2,1H3,(H,27,36)(H2,24,28,35)(H2,37,38,39)(H2,40,41,42)(H3,25,29,30,34)/p-4/t11-,12+,13+,16+,17+,20+,21+,50+/m0/s1. The molecule has 5 heterocycles. The number of fused-ring (bicyclic) bond motifs is 1. The molecule has 0 saturated carbocycles. The monoisotopic (exact) mass is 799 g/mol. The number of methoxy groups -OCH3 is 1. The van der Waals surface area contributed by atoms with Gasteiger partial charge in [0.05, 0.1) is 47.9 Å². The molecule has 3 aromatic heterocycles. The van der Waals surface area contributed by atoms with E-state index in [1.165, 1.54) is 23.9 Å². The van der Waals surface area contributed by atoms with Crippen LogP contribution in [0.3, 0.4) is 0 Å². The van der Waals surface area contributed by atoms with Crippen LogP contribution < -0.4 is 47.4 Å². The Morgan fingerprint density at radius 2 is 1.75 bits per heavy atom. The Labute approximate surface area is 291 Å². The molecule has 0 radical (unpaired) electrons.